The fourth-order valence-corrected chi connectivity index (χ4v) is 1.90. The Bertz CT molecular complexity index is 838. The van der Waals surface area contributed by atoms with Crippen LogP contribution in [0.5, 0.6) is 11.5 Å². The molecule has 0 bridgehead atoms. The molecule has 0 aliphatic rings. The summed E-state index contributed by atoms with van der Waals surface area (Å²) in [7, 11) is 0. The van der Waals surface area contributed by atoms with Crippen molar-refractivity contribution in [2.75, 3.05) is 0 Å². The Hall–Kier alpha value is -3.06. The largest absolute Gasteiger partial charge is 0.504 e. The highest BCUT2D eigenvalue weighted by molar-refractivity contribution is 6.30. The van der Waals surface area contributed by atoms with Crippen LogP contribution < -0.4 is 4.74 Å². The Morgan fingerprint density at radius 3 is 2.78 bits per heavy atom. The fraction of sp³-hybridized carbons (Fsp3) is 0. The van der Waals surface area contributed by atoms with Crippen molar-refractivity contribution in [2.24, 2.45) is 0 Å². The summed E-state index contributed by atoms with van der Waals surface area (Å²) < 4.78 is 10.7. The molecule has 0 unspecified atom stereocenters. The molecule has 116 valence electrons. The maximum atomic E-state index is 12.2. The predicted octanol–water partition coefficient (Wildman–Crippen LogP) is 3.63. The van der Waals surface area contributed by atoms with Gasteiger partial charge in [-0.25, -0.2) is 4.98 Å². The molecule has 7 nitrogen and oxygen atoms in total. The number of carbonyl (C=O) groups excluding carboxylic acids is 1. The van der Waals surface area contributed by atoms with Crippen molar-refractivity contribution >= 4 is 23.1 Å². The first-order valence-electron chi connectivity index (χ1n) is 6.45. The van der Waals surface area contributed by atoms with Crippen molar-refractivity contribution in [3.05, 3.63) is 65.6 Å². The number of hydrogen-bond donors (Lipinski definition) is 2. The second kappa shape index (κ2) is 6.37. The first kappa shape index (κ1) is 14.9. The summed E-state index contributed by atoms with van der Waals surface area (Å²) in [5, 5.41) is 16.4. The zero-order chi connectivity index (χ0) is 16.2. The molecule has 0 atom stereocenters. The van der Waals surface area contributed by atoms with Gasteiger partial charge in [0.1, 0.15) is 12.1 Å². The van der Waals surface area contributed by atoms with Gasteiger partial charge in [-0.15, -0.1) is 0 Å². The molecule has 0 fully saturated rings. The molecule has 1 aromatic carbocycles. The number of ketones is 1. The highest BCUT2D eigenvalue weighted by Gasteiger charge is 2.17. The number of H-pyrrole nitrogens is 1. The van der Waals surface area contributed by atoms with Crippen molar-refractivity contribution in [1.82, 2.24) is 15.2 Å². The monoisotopic (exact) mass is 331 g/mol. The number of nitrogens with one attached hydrogen (secondary N) is 1. The number of aliphatic hydroxyl groups is 1. The van der Waals surface area contributed by atoms with E-state index in [9.17, 15) is 9.90 Å². The summed E-state index contributed by atoms with van der Waals surface area (Å²) in [5.74, 6) is -0.197. The third-order valence-corrected chi connectivity index (χ3v) is 3.07. The van der Waals surface area contributed by atoms with Crippen LogP contribution in [0.15, 0.2) is 53.4 Å². The maximum Gasteiger partial charge on any atom is 0.228 e. The topological polar surface area (TPSA) is 101 Å². The van der Waals surface area contributed by atoms with Gasteiger partial charge in [0.25, 0.3) is 0 Å². The van der Waals surface area contributed by atoms with Gasteiger partial charge in [-0.05, 0) is 24.3 Å². The van der Waals surface area contributed by atoms with E-state index in [1.807, 2.05) is 0 Å². The van der Waals surface area contributed by atoms with Gasteiger partial charge in [-0.2, -0.15) is 5.10 Å². The summed E-state index contributed by atoms with van der Waals surface area (Å²) >= 11 is 5.80. The van der Waals surface area contributed by atoms with Crippen LogP contribution in [0.25, 0.3) is 5.76 Å². The van der Waals surface area contributed by atoms with Crippen LogP contribution in [0, 0.1) is 0 Å². The molecule has 0 aliphatic carbocycles. The molecule has 0 spiro atoms. The molecule has 0 radical (unpaired) electrons. The zero-order valence-electron chi connectivity index (χ0n) is 11.6. The molecule has 23 heavy (non-hydrogen) atoms. The second-order valence-corrected chi connectivity index (χ2v) is 4.83. The summed E-state index contributed by atoms with van der Waals surface area (Å²) in [6.07, 6.45) is 3.50. The molecular formula is C15H10ClN3O4. The van der Waals surface area contributed by atoms with Gasteiger partial charge in [0.2, 0.25) is 11.5 Å². The van der Waals surface area contributed by atoms with Gasteiger partial charge in [-0.1, -0.05) is 11.6 Å². The Labute approximate surface area is 135 Å². The molecule has 2 N–H and O–H groups in total. The number of carbonyl (C=O) groups is 1. The van der Waals surface area contributed by atoms with Crippen LogP contribution in [0.4, 0.5) is 0 Å². The number of aromatic nitrogens is 3. The smallest absolute Gasteiger partial charge is 0.228 e. The van der Waals surface area contributed by atoms with Crippen molar-refractivity contribution in [2.45, 2.75) is 0 Å². The molecule has 2 aromatic heterocycles. The van der Waals surface area contributed by atoms with E-state index in [-0.39, 0.29) is 23.1 Å². The van der Waals surface area contributed by atoms with E-state index in [2.05, 4.69) is 15.2 Å². The first-order valence-corrected chi connectivity index (χ1v) is 6.83. The lowest BCUT2D eigenvalue weighted by Gasteiger charge is -2.04. The van der Waals surface area contributed by atoms with E-state index < -0.39 is 5.78 Å². The van der Waals surface area contributed by atoms with Crippen molar-refractivity contribution < 1.29 is 19.1 Å². The van der Waals surface area contributed by atoms with Gasteiger partial charge < -0.3 is 14.3 Å². The number of aliphatic hydroxyl groups excluding tert-OH is 1. The first-order chi connectivity index (χ1) is 11.1. The van der Waals surface area contributed by atoms with Crippen LogP contribution >= 0.6 is 11.6 Å². The van der Waals surface area contributed by atoms with Crippen LogP contribution in [0.1, 0.15) is 16.4 Å². The maximum absolute atomic E-state index is 12.2. The van der Waals surface area contributed by atoms with E-state index in [1.54, 1.807) is 24.3 Å². The second-order valence-electron chi connectivity index (χ2n) is 4.40. The standard InChI is InChI=1S/C15H10ClN3O4/c16-9-1-3-10(4-2-9)23-13-5-6-22-14(13)11(20)7-12(21)15-17-8-18-19-15/h1-8,21H,(H,17,18,19). The average Bonchev–Trinajstić information content (AvgIpc) is 3.20. The quantitative estimate of drug-likeness (QED) is 0.420. The average molecular weight is 332 g/mol. The van der Waals surface area contributed by atoms with E-state index in [4.69, 9.17) is 20.8 Å². The predicted molar refractivity (Wildman–Crippen MR) is 81.6 cm³/mol. The van der Waals surface area contributed by atoms with E-state index in [0.29, 0.717) is 10.8 Å². The Morgan fingerprint density at radius 1 is 1.30 bits per heavy atom. The minimum atomic E-state index is -0.576. The number of nitrogens with zero attached hydrogens (tertiary/aromatic N) is 2. The SMILES string of the molecule is O=C(C=C(O)c1ncn[nH]1)c1occc1Oc1ccc(Cl)cc1. The number of halogens is 1. The van der Waals surface area contributed by atoms with Crippen LogP contribution in [-0.2, 0) is 0 Å². The van der Waals surface area contributed by atoms with Crippen LogP contribution in [0.2, 0.25) is 5.02 Å². The summed E-state index contributed by atoms with van der Waals surface area (Å²) in [6.45, 7) is 0. The lowest BCUT2D eigenvalue weighted by Crippen LogP contribution is -1.98. The molecule has 2 heterocycles. The highest BCUT2D eigenvalue weighted by atomic mass is 35.5. The van der Waals surface area contributed by atoms with E-state index in [0.717, 1.165) is 6.08 Å². The number of aromatic amines is 1. The molecule has 3 aromatic rings. The van der Waals surface area contributed by atoms with Crippen molar-refractivity contribution in [3.8, 4) is 11.5 Å². The van der Waals surface area contributed by atoms with Gasteiger partial charge >= 0.3 is 0 Å². The lowest BCUT2D eigenvalue weighted by molar-refractivity contribution is 0.101. The van der Waals surface area contributed by atoms with E-state index >= 15 is 0 Å². The van der Waals surface area contributed by atoms with Gasteiger partial charge in [0.15, 0.2) is 17.3 Å². The molecular weight excluding hydrogens is 322 g/mol. The van der Waals surface area contributed by atoms with Crippen LogP contribution in [-0.4, -0.2) is 26.1 Å². The molecule has 8 heteroatoms. The zero-order valence-corrected chi connectivity index (χ0v) is 12.3. The molecule has 0 aliphatic heterocycles. The molecule has 0 saturated carbocycles. The van der Waals surface area contributed by atoms with Gasteiger partial charge in [-0.3, -0.25) is 9.89 Å². The highest BCUT2D eigenvalue weighted by Crippen LogP contribution is 2.28. The van der Waals surface area contributed by atoms with Crippen molar-refractivity contribution in [3.63, 3.8) is 0 Å². The number of furan rings is 1. The number of hydrogen-bond acceptors (Lipinski definition) is 6. The van der Waals surface area contributed by atoms with Gasteiger partial charge in [0.05, 0.1) is 6.26 Å². The summed E-state index contributed by atoms with van der Waals surface area (Å²) in [5.41, 5.74) is 0. The Kier molecular flexibility index (Phi) is 4.11. The number of benzene rings is 1. The Morgan fingerprint density at radius 2 is 2.09 bits per heavy atom. The Balaban J connectivity index is 1.81. The summed E-state index contributed by atoms with van der Waals surface area (Å²) in [4.78, 5) is 15.9. The minimum absolute atomic E-state index is 0.0500. The molecule has 0 amide bonds. The minimum Gasteiger partial charge on any atom is -0.504 e. The number of rotatable bonds is 5. The number of allylic oxidation sites excluding steroid dienone is 1. The summed E-state index contributed by atoms with van der Waals surface area (Å²) in [6, 6.07) is 8.14. The lowest BCUT2D eigenvalue weighted by atomic mass is 10.2. The third kappa shape index (κ3) is 3.41. The number of ether oxygens (including phenoxy) is 1. The fourth-order valence-electron chi connectivity index (χ4n) is 1.77. The molecule has 3 rings (SSSR count). The van der Waals surface area contributed by atoms with Gasteiger partial charge in [0, 0.05) is 17.2 Å². The van der Waals surface area contributed by atoms with E-state index in [1.165, 1.54) is 18.7 Å². The normalized spacial score (nSPS) is 11.4. The van der Waals surface area contributed by atoms with Crippen LogP contribution in [0.3, 0.4) is 0 Å². The third-order valence-electron chi connectivity index (χ3n) is 2.82. The molecule has 0 saturated heterocycles. The van der Waals surface area contributed by atoms with Crippen molar-refractivity contribution in [1.29, 1.82) is 0 Å².